The van der Waals surface area contributed by atoms with Crippen molar-refractivity contribution in [3.05, 3.63) is 35.1 Å². The summed E-state index contributed by atoms with van der Waals surface area (Å²) in [5.41, 5.74) is 6.22. The van der Waals surface area contributed by atoms with E-state index in [9.17, 15) is 9.18 Å². The fourth-order valence-corrected chi connectivity index (χ4v) is 2.47. The van der Waals surface area contributed by atoms with Gasteiger partial charge in [-0.3, -0.25) is 4.79 Å². The average molecular weight is 274 g/mol. The quantitative estimate of drug-likeness (QED) is 0.839. The van der Waals surface area contributed by atoms with Gasteiger partial charge in [-0.05, 0) is 30.5 Å². The van der Waals surface area contributed by atoms with Gasteiger partial charge in [-0.25, -0.2) is 4.39 Å². The van der Waals surface area contributed by atoms with Crippen LogP contribution in [0, 0.1) is 23.6 Å². The van der Waals surface area contributed by atoms with Crippen LogP contribution < -0.4 is 5.73 Å². The van der Waals surface area contributed by atoms with Crippen molar-refractivity contribution in [2.75, 3.05) is 19.6 Å². The molecule has 1 aromatic carbocycles. The second kappa shape index (κ2) is 6.53. The highest BCUT2D eigenvalue weighted by atomic mass is 19.1. The van der Waals surface area contributed by atoms with Gasteiger partial charge in [0.15, 0.2) is 0 Å². The molecule has 3 nitrogen and oxygen atoms in total. The van der Waals surface area contributed by atoms with E-state index in [2.05, 4.69) is 18.8 Å². The van der Waals surface area contributed by atoms with Crippen LogP contribution in [-0.4, -0.2) is 30.4 Å². The Morgan fingerprint density at radius 1 is 1.55 bits per heavy atom. The molecule has 4 heteroatoms. The standard InChI is InChI=1S/C16H19FN2O/c1-2-12-7-9-19(11-12)16(20)15-6-5-14(17)10-13(15)4-3-8-18/h5-6,10,12H,2,7-9,11,18H2,1H3. The minimum atomic E-state index is -0.393. The number of benzene rings is 1. The highest BCUT2D eigenvalue weighted by Crippen LogP contribution is 2.22. The lowest BCUT2D eigenvalue weighted by molar-refractivity contribution is 0.0786. The van der Waals surface area contributed by atoms with Gasteiger partial charge in [0.05, 0.1) is 12.1 Å². The predicted molar refractivity (Wildman–Crippen MR) is 76.6 cm³/mol. The summed E-state index contributed by atoms with van der Waals surface area (Å²) in [4.78, 5) is 14.3. The van der Waals surface area contributed by atoms with Gasteiger partial charge in [-0.2, -0.15) is 0 Å². The zero-order valence-electron chi connectivity index (χ0n) is 11.7. The number of likely N-dealkylation sites (tertiary alicyclic amines) is 1. The molecular formula is C16H19FN2O. The molecule has 0 saturated carbocycles. The molecule has 1 amide bonds. The monoisotopic (exact) mass is 274 g/mol. The van der Waals surface area contributed by atoms with Crippen molar-refractivity contribution in [3.8, 4) is 11.8 Å². The van der Waals surface area contributed by atoms with Crippen LogP contribution in [-0.2, 0) is 0 Å². The van der Waals surface area contributed by atoms with Crippen molar-refractivity contribution < 1.29 is 9.18 Å². The van der Waals surface area contributed by atoms with E-state index < -0.39 is 5.82 Å². The lowest BCUT2D eigenvalue weighted by atomic mass is 10.1. The van der Waals surface area contributed by atoms with E-state index in [0.717, 1.165) is 25.9 Å². The molecule has 1 aliphatic rings. The van der Waals surface area contributed by atoms with Gasteiger partial charge in [-0.15, -0.1) is 0 Å². The number of carbonyl (C=O) groups excluding carboxylic acids is 1. The molecule has 0 aliphatic carbocycles. The summed E-state index contributed by atoms with van der Waals surface area (Å²) in [5, 5.41) is 0. The van der Waals surface area contributed by atoms with Crippen LogP contribution in [0.15, 0.2) is 18.2 Å². The van der Waals surface area contributed by atoms with Crippen molar-refractivity contribution in [2.24, 2.45) is 11.7 Å². The maximum absolute atomic E-state index is 13.3. The van der Waals surface area contributed by atoms with E-state index in [1.807, 2.05) is 4.90 Å². The largest absolute Gasteiger partial charge is 0.338 e. The first-order valence-electron chi connectivity index (χ1n) is 6.93. The smallest absolute Gasteiger partial charge is 0.255 e. The number of hydrogen-bond donors (Lipinski definition) is 1. The third kappa shape index (κ3) is 3.17. The molecule has 1 atom stereocenters. The molecule has 2 rings (SSSR count). The maximum Gasteiger partial charge on any atom is 0.255 e. The minimum Gasteiger partial charge on any atom is -0.338 e. The first-order valence-corrected chi connectivity index (χ1v) is 6.93. The Hall–Kier alpha value is -1.86. The normalized spacial score (nSPS) is 17.8. The number of hydrogen-bond acceptors (Lipinski definition) is 2. The number of carbonyl (C=O) groups is 1. The van der Waals surface area contributed by atoms with Crippen LogP contribution in [0.4, 0.5) is 4.39 Å². The van der Waals surface area contributed by atoms with Crippen LogP contribution in [0.5, 0.6) is 0 Å². The summed E-state index contributed by atoms with van der Waals surface area (Å²) in [5.74, 6) is 5.57. The SMILES string of the molecule is CCC1CCN(C(=O)c2ccc(F)cc2C#CCN)C1. The summed E-state index contributed by atoms with van der Waals surface area (Å²) in [6.45, 7) is 3.86. The van der Waals surface area contributed by atoms with Gasteiger partial charge in [0, 0.05) is 18.7 Å². The molecule has 1 aromatic rings. The van der Waals surface area contributed by atoms with Crippen LogP contribution in [0.25, 0.3) is 0 Å². The van der Waals surface area contributed by atoms with Crippen molar-refractivity contribution in [2.45, 2.75) is 19.8 Å². The van der Waals surface area contributed by atoms with Crippen molar-refractivity contribution in [1.29, 1.82) is 0 Å². The zero-order valence-corrected chi connectivity index (χ0v) is 11.7. The first-order chi connectivity index (χ1) is 9.65. The second-order valence-corrected chi connectivity index (χ2v) is 5.01. The van der Waals surface area contributed by atoms with Crippen molar-refractivity contribution >= 4 is 5.91 Å². The second-order valence-electron chi connectivity index (χ2n) is 5.01. The summed E-state index contributed by atoms with van der Waals surface area (Å²) in [6, 6.07) is 4.11. The minimum absolute atomic E-state index is 0.0673. The van der Waals surface area contributed by atoms with E-state index in [1.165, 1.54) is 18.2 Å². The van der Waals surface area contributed by atoms with E-state index >= 15 is 0 Å². The predicted octanol–water partition coefficient (Wildman–Crippen LogP) is 2.01. The zero-order chi connectivity index (χ0) is 14.5. The Kier molecular flexibility index (Phi) is 4.75. The van der Waals surface area contributed by atoms with Crippen molar-refractivity contribution in [1.82, 2.24) is 4.90 Å². The Morgan fingerprint density at radius 2 is 2.35 bits per heavy atom. The Balaban J connectivity index is 2.25. The van der Waals surface area contributed by atoms with Crippen LogP contribution in [0.3, 0.4) is 0 Å². The van der Waals surface area contributed by atoms with Gasteiger partial charge in [0.25, 0.3) is 5.91 Å². The van der Waals surface area contributed by atoms with E-state index in [4.69, 9.17) is 5.73 Å². The van der Waals surface area contributed by atoms with Crippen molar-refractivity contribution in [3.63, 3.8) is 0 Å². The van der Waals surface area contributed by atoms with Gasteiger partial charge in [0.1, 0.15) is 5.82 Å². The lowest BCUT2D eigenvalue weighted by Crippen LogP contribution is -2.29. The van der Waals surface area contributed by atoms with Gasteiger partial charge in [0.2, 0.25) is 0 Å². The molecule has 0 spiro atoms. The summed E-state index contributed by atoms with van der Waals surface area (Å²) < 4.78 is 13.3. The Labute approximate surface area is 119 Å². The Morgan fingerprint density at radius 3 is 3.00 bits per heavy atom. The number of nitrogens with two attached hydrogens (primary N) is 1. The third-order valence-corrected chi connectivity index (χ3v) is 3.69. The topological polar surface area (TPSA) is 46.3 Å². The number of amides is 1. The maximum atomic E-state index is 13.3. The molecule has 1 fully saturated rings. The van der Waals surface area contributed by atoms with Gasteiger partial charge < -0.3 is 10.6 Å². The molecule has 1 unspecified atom stereocenters. The highest BCUT2D eigenvalue weighted by Gasteiger charge is 2.26. The number of nitrogens with zero attached hydrogens (tertiary/aromatic N) is 1. The van der Waals surface area contributed by atoms with E-state index in [-0.39, 0.29) is 12.5 Å². The molecule has 0 radical (unpaired) electrons. The summed E-state index contributed by atoms with van der Waals surface area (Å²) in [6.07, 6.45) is 2.11. The molecular weight excluding hydrogens is 255 g/mol. The fraction of sp³-hybridized carbons (Fsp3) is 0.438. The van der Waals surface area contributed by atoms with Crippen LogP contribution in [0.1, 0.15) is 35.7 Å². The van der Waals surface area contributed by atoms with Gasteiger partial charge in [-0.1, -0.05) is 25.2 Å². The third-order valence-electron chi connectivity index (χ3n) is 3.69. The van der Waals surface area contributed by atoms with E-state index in [0.29, 0.717) is 17.0 Å². The summed E-state index contributed by atoms with van der Waals surface area (Å²) >= 11 is 0. The van der Waals surface area contributed by atoms with Gasteiger partial charge >= 0.3 is 0 Å². The lowest BCUT2D eigenvalue weighted by Gasteiger charge is -2.17. The fourth-order valence-electron chi connectivity index (χ4n) is 2.47. The number of halogens is 1. The molecule has 20 heavy (non-hydrogen) atoms. The summed E-state index contributed by atoms with van der Waals surface area (Å²) in [7, 11) is 0. The first kappa shape index (κ1) is 14.5. The number of rotatable bonds is 2. The molecule has 1 aliphatic heterocycles. The van der Waals surface area contributed by atoms with E-state index in [1.54, 1.807) is 0 Å². The highest BCUT2D eigenvalue weighted by molar-refractivity contribution is 5.97. The molecule has 1 saturated heterocycles. The Bertz CT molecular complexity index is 559. The molecule has 1 heterocycles. The van der Waals surface area contributed by atoms with Crippen LogP contribution in [0.2, 0.25) is 0 Å². The average Bonchev–Trinajstić information content (AvgIpc) is 2.93. The molecule has 106 valence electrons. The molecule has 2 N–H and O–H groups in total. The molecule has 0 bridgehead atoms. The molecule has 0 aromatic heterocycles. The van der Waals surface area contributed by atoms with Crippen LogP contribution >= 0.6 is 0 Å².